The summed E-state index contributed by atoms with van der Waals surface area (Å²) < 4.78 is 25.3. The number of hydrogen-bond acceptors (Lipinski definition) is 3. The first kappa shape index (κ1) is 19.0. The van der Waals surface area contributed by atoms with E-state index in [1.807, 2.05) is 32.0 Å². The number of amides is 1. The summed E-state index contributed by atoms with van der Waals surface area (Å²) in [4.78, 5) is 12.5. The van der Waals surface area contributed by atoms with Crippen LogP contribution in [0.4, 0.5) is 0 Å². The van der Waals surface area contributed by atoms with Crippen LogP contribution in [0.3, 0.4) is 0 Å². The molecule has 1 aromatic rings. The highest BCUT2D eigenvalue weighted by Crippen LogP contribution is 2.24. The van der Waals surface area contributed by atoms with Crippen molar-refractivity contribution in [3.63, 3.8) is 0 Å². The quantitative estimate of drug-likeness (QED) is 0.885. The summed E-state index contributed by atoms with van der Waals surface area (Å²) in [6.07, 6.45) is 4.32. The van der Waals surface area contributed by atoms with Gasteiger partial charge in [-0.1, -0.05) is 43.5 Å². The van der Waals surface area contributed by atoms with Crippen LogP contribution in [0.2, 0.25) is 0 Å². The van der Waals surface area contributed by atoms with Gasteiger partial charge in [-0.05, 0) is 50.7 Å². The smallest absolute Gasteiger partial charge is 0.238 e. The maximum Gasteiger partial charge on any atom is 0.238 e. The Balaban J connectivity index is 2.07. The number of hydrogen-bond donors (Lipinski definition) is 1. The highest BCUT2D eigenvalue weighted by atomic mass is 32.2. The summed E-state index contributed by atoms with van der Waals surface area (Å²) in [6.45, 7) is 7.47. The van der Waals surface area contributed by atoms with Crippen LogP contribution < -0.4 is 5.32 Å². The lowest BCUT2D eigenvalue weighted by Crippen LogP contribution is -2.47. The van der Waals surface area contributed by atoms with Gasteiger partial charge in [0.2, 0.25) is 5.91 Å². The monoisotopic (exact) mass is 351 g/mol. The predicted molar refractivity (Wildman–Crippen MR) is 97.6 cm³/mol. The molecule has 2 rings (SSSR count). The molecule has 4 nitrogen and oxygen atoms in total. The summed E-state index contributed by atoms with van der Waals surface area (Å²) in [5.74, 6) is -0.0364. The Morgan fingerprint density at radius 1 is 1.25 bits per heavy atom. The predicted octanol–water partition coefficient (Wildman–Crippen LogP) is 3.30. The summed E-state index contributed by atoms with van der Waals surface area (Å²) in [5, 5.41) is 1.95. The van der Waals surface area contributed by atoms with Crippen molar-refractivity contribution in [2.45, 2.75) is 70.4 Å². The molecule has 1 aliphatic rings. The molecule has 0 aliphatic heterocycles. The number of carbonyl (C=O) groups excluding carboxylic acids is 1. The van der Waals surface area contributed by atoms with Crippen LogP contribution in [0.1, 0.15) is 56.2 Å². The minimum atomic E-state index is -3.53. The zero-order chi connectivity index (χ0) is 17.9. The average molecular weight is 352 g/mol. The maximum absolute atomic E-state index is 12.7. The Kier molecular flexibility index (Phi) is 6.07. The number of benzene rings is 1. The van der Waals surface area contributed by atoms with Crippen molar-refractivity contribution in [2.75, 3.05) is 0 Å². The van der Waals surface area contributed by atoms with Gasteiger partial charge in [-0.25, -0.2) is 8.42 Å². The zero-order valence-electron chi connectivity index (χ0n) is 15.1. The highest BCUT2D eigenvalue weighted by Gasteiger charge is 2.31. The van der Waals surface area contributed by atoms with E-state index in [1.54, 1.807) is 0 Å². The minimum absolute atomic E-state index is 0.0880. The van der Waals surface area contributed by atoms with Gasteiger partial charge in [0.1, 0.15) is 5.25 Å². The van der Waals surface area contributed by atoms with Crippen molar-refractivity contribution in [1.82, 2.24) is 5.32 Å². The van der Waals surface area contributed by atoms with E-state index in [-0.39, 0.29) is 17.7 Å². The maximum atomic E-state index is 12.7. The number of rotatable bonds is 5. The van der Waals surface area contributed by atoms with Crippen molar-refractivity contribution in [1.29, 1.82) is 0 Å². The number of nitrogens with one attached hydrogen (secondary N) is 1. The molecule has 1 fully saturated rings. The first-order chi connectivity index (χ1) is 11.2. The topological polar surface area (TPSA) is 63.2 Å². The first-order valence-corrected chi connectivity index (χ1v) is 10.5. The molecule has 24 heavy (non-hydrogen) atoms. The minimum Gasteiger partial charge on any atom is -0.352 e. The van der Waals surface area contributed by atoms with Crippen LogP contribution in [-0.4, -0.2) is 25.6 Å². The fraction of sp³-hybridized carbons (Fsp3) is 0.632. The van der Waals surface area contributed by atoms with E-state index in [1.165, 1.54) is 13.3 Å². The molecule has 0 spiro atoms. The molecule has 0 saturated heterocycles. The van der Waals surface area contributed by atoms with Crippen molar-refractivity contribution >= 4 is 15.7 Å². The summed E-state index contributed by atoms with van der Waals surface area (Å²) in [7, 11) is -3.53. The molecule has 0 unspecified atom stereocenters. The molecule has 134 valence electrons. The average Bonchev–Trinajstić information content (AvgIpc) is 2.52. The lowest BCUT2D eigenvalue weighted by Gasteiger charge is -2.30. The molecule has 3 atom stereocenters. The third-order valence-corrected chi connectivity index (χ3v) is 7.21. The molecule has 1 N–H and O–H groups in total. The van der Waals surface area contributed by atoms with Crippen LogP contribution in [0.15, 0.2) is 18.2 Å². The van der Waals surface area contributed by atoms with Crippen molar-refractivity contribution in [2.24, 2.45) is 5.92 Å². The number of sulfone groups is 1. The third-order valence-electron chi connectivity index (χ3n) is 5.21. The molecule has 0 aromatic heterocycles. The SMILES string of the molecule is Cc1ccc(C)c(CS(=O)(=O)[C@H](C)C(=O)N[C@H]2CCCC[C@@H]2C)c1. The molecular weight excluding hydrogens is 322 g/mol. The Bertz CT molecular complexity index is 697. The lowest BCUT2D eigenvalue weighted by molar-refractivity contribution is -0.121. The Morgan fingerprint density at radius 3 is 2.58 bits per heavy atom. The zero-order valence-corrected chi connectivity index (χ0v) is 15.9. The van der Waals surface area contributed by atoms with Gasteiger partial charge in [-0.3, -0.25) is 4.79 Å². The summed E-state index contributed by atoms with van der Waals surface area (Å²) in [6, 6.07) is 5.88. The van der Waals surface area contributed by atoms with E-state index in [0.717, 1.165) is 36.0 Å². The number of carbonyl (C=O) groups is 1. The summed E-state index contributed by atoms with van der Waals surface area (Å²) >= 11 is 0. The molecule has 1 amide bonds. The lowest BCUT2D eigenvalue weighted by atomic mass is 9.86. The van der Waals surface area contributed by atoms with Crippen LogP contribution in [0.25, 0.3) is 0 Å². The first-order valence-electron chi connectivity index (χ1n) is 8.79. The summed E-state index contributed by atoms with van der Waals surface area (Å²) in [5.41, 5.74) is 2.75. The van der Waals surface area contributed by atoms with Crippen LogP contribution in [-0.2, 0) is 20.4 Å². The standard InChI is InChI=1S/C19H29NO3S/c1-13-9-10-14(2)17(11-13)12-24(22,23)16(4)19(21)20-18-8-6-5-7-15(18)3/h9-11,15-16,18H,5-8,12H2,1-4H3,(H,20,21)/t15-,16+,18-/m0/s1. The molecule has 1 aliphatic carbocycles. The van der Waals surface area contributed by atoms with Crippen LogP contribution in [0.5, 0.6) is 0 Å². The molecular formula is C19H29NO3S. The van der Waals surface area contributed by atoms with Crippen molar-refractivity contribution < 1.29 is 13.2 Å². The van der Waals surface area contributed by atoms with Crippen LogP contribution >= 0.6 is 0 Å². The highest BCUT2D eigenvalue weighted by molar-refractivity contribution is 7.92. The normalized spacial score (nSPS) is 22.8. The molecule has 0 heterocycles. The Morgan fingerprint density at radius 2 is 1.92 bits per heavy atom. The van der Waals surface area contributed by atoms with Crippen molar-refractivity contribution in [3.8, 4) is 0 Å². The molecule has 0 bridgehead atoms. The van der Waals surface area contributed by atoms with Gasteiger partial charge in [0.05, 0.1) is 5.75 Å². The van der Waals surface area contributed by atoms with E-state index in [4.69, 9.17) is 0 Å². The molecule has 1 saturated carbocycles. The van der Waals surface area contributed by atoms with Gasteiger partial charge in [-0.15, -0.1) is 0 Å². The second-order valence-corrected chi connectivity index (χ2v) is 9.58. The van der Waals surface area contributed by atoms with E-state index < -0.39 is 15.1 Å². The van der Waals surface area contributed by atoms with Gasteiger partial charge in [-0.2, -0.15) is 0 Å². The fourth-order valence-electron chi connectivity index (χ4n) is 3.29. The largest absolute Gasteiger partial charge is 0.352 e. The van der Waals surface area contributed by atoms with E-state index in [0.29, 0.717) is 5.92 Å². The van der Waals surface area contributed by atoms with E-state index in [2.05, 4.69) is 12.2 Å². The second kappa shape index (κ2) is 7.68. The molecule has 1 aromatic carbocycles. The molecule has 5 heteroatoms. The second-order valence-electron chi connectivity index (χ2n) is 7.26. The third kappa shape index (κ3) is 4.59. The van der Waals surface area contributed by atoms with Crippen molar-refractivity contribution in [3.05, 3.63) is 34.9 Å². The van der Waals surface area contributed by atoms with E-state index >= 15 is 0 Å². The van der Waals surface area contributed by atoms with Gasteiger partial charge < -0.3 is 5.32 Å². The van der Waals surface area contributed by atoms with Gasteiger partial charge in [0.25, 0.3) is 0 Å². The molecule has 0 radical (unpaired) electrons. The van der Waals surface area contributed by atoms with Crippen LogP contribution in [0, 0.1) is 19.8 Å². The van der Waals surface area contributed by atoms with Gasteiger partial charge >= 0.3 is 0 Å². The van der Waals surface area contributed by atoms with Gasteiger partial charge in [0.15, 0.2) is 9.84 Å². The fourth-order valence-corrected chi connectivity index (χ4v) is 4.68. The Hall–Kier alpha value is -1.36. The Labute approximate surface area is 146 Å². The van der Waals surface area contributed by atoms with E-state index in [9.17, 15) is 13.2 Å². The number of aryl methyl sites for hydroxylation is 2. The van der Waals surface area contributed by atoms with Gasteiger partial charge in [0, 0.05) is 6.04 Å².